The number of halogens is 3. The lowest BCUT2D eigenvalue weighted by Gasteiger charge is -2.12. The van der Waals surface area contributed by atoms with Crippen LogP contribution in [0.5, 0.6) is 5.88 Å². The van der Waals surface area contributed by atoms with Crippen molar-refractivity contribution in [3.05, 3.63) is 47.7 Å². The van der Waals surface area contributed by atoms with Crippen molar-refractivity contribution in [1.82, 2.24) is 9.97 Å². The van der Waals surface area contributed by atoms with Crippen LogP contribution in [0.3, 0.4) is 0 Å². The maximum Gasteiger partial charge on any atom is 0.416 e. The predicted octanol–water partition coefficient (Wildman–Crippen LogP) is 3.16. The second-order valence-corrected chi connectivity index (χ2v) is 4.25. The van der Waals surface area contributed by atoms with Gasteiger partial charge in [-0.3, -0.25) is 0 Å². The lowest BCUT2D eigenvalue weighted by Crippen LogP contribution is -2.13. The summed E-state index contributed by atoms with van der Waals surface area (Å²) < 4.78 is 43.5. The summed E-state index contributed by atoms with van der Waals surface area (Å²) in [6.45, 7) is 0.292. The van der Waals surface area contributed by atoms with Gasteiger partial charge < -0.3 is 10.1 Å². The molecule has 1 aromatic heterocycles. The van der Waals surface area contributed by atoms with Crippen molar-refractivity contribution >= 4 is 5.95 Å². The van der Waals surface area contributed by atoms with Crippen LogP contribution in [0.1, 0.15) is 11.1 Å². The van der Waals surface area contributed by atoms with E-state index in [4.69, 9.17) is 4.74 Å². The zero-order chi connectivity index (χ0) is 15.3. The topological polar surface area (TPSA) is 47.0 Å². The molecule has 7 heteroatoms. The highest BCUT2D eigenvalue weighted by atomic mass is 19.4. The van der Waals surface area contributed by atoms with Crippen LogP contribution in [0.25, 0.3) is 0 Å². The Hall–Kier alpha value is -2.31. The largest absolute Gasteiger partial charge is 0.481 e. The normalized spacial score (nSPS) is 11.2. The minimum Gasteiger partial charge on any atom is -0.481 e. The Labute approximate surface area is 120 Å². The van der Waals surface area contributed by atoms with E-state index in [1.54, 1.807) is 12.1 Å². The Morgan fingerprint density at radius 1 is 1.19 bits per heavy atom. The number of hydrogen-bond acceptors (Lipinski definition) is 4. The molecular weight excluding hydrogens is 283 g/mol. The highest BCUT2D eigenvalue weighted by molar-refractivity contribution is 5.32. The van der Waals surface area contributed by atoms with Gasteiger partial charge in [0.15, 0.2) is 0 Å². The van der Waals surface area contributed by atoms with Crippen LogP contribution in [-0.4, -0.2) is 23.6 Å². The molecule has 1 aromatic carbocycles. The third-order valence-corrected chi connectivity index (χ3v) is 2.84. The van der Waals surface area contributed by atoms with E-state index >= 15 is 0 Å². The lowest BCUT2D eigenvalue weighted by molar-refractivity contribution is -0.138. The van der Waals surface area contributed by atoms with E-state index in [-0.39, 0.29) is 12.0 Å². The SMILES string of the molecule is COc1ccnc(NCCc2ccccc2C(F)(F)F)n1. The Morgan fingerprint density at radius 3 is 2.67 bits per heavy atom. The highest BCUT2D eigenvalue weighted by Gasteiger charge is 2.32. The second kappa shape index (κ2) is 6.43. The highest BCUT2D eigenvalue weighted by Crippen LogP contribution is 2.31. The van der Waals surface area contributed by atoms with Gasteiger partial charge in [0.2, 0.25) is 11.8 Å². The van der Waals surface area contributed by atoms with Crippen molar-refractivity contribution in [3.63, 3.8) is 0 Å². The van der Waals surface area contributed by atoms with Crippen molar-refractivity contribution in [3.8, 4) is 5.88 Å². The van der Waals surface area contributed by atoms with Gasteiger partial charge in [-0.05, 0) is 18.1 Å². The van der Waals surface area contributed by atoms with Crippen molar-refractivity contribution in [2.75, 3.05) is 19.0 Å². The molecular formula is C14H14F3N3O. The zero-order valence-corrected chi connectivity index (χ0v) is 11.3. The van der Waals surface area contributed by atoms with Crippen LogP contribution in [0.15, 0.2) is 36.5 Å². The summed E-state index contributed by atoms with van der Waals surface area (Å²) >= 11 is 0. The van der Waals surface area contributed by atoms with Crippen molar-refractivity contribution < 1.29 is 17.9 Å². The van der Waals surface area contributed by atoms with Gasteiger partial charge in [0.1, 0.15) is 0 Å². The fourth-order valence-electron chi connectivity index (χ4n) is 1.86. The van der Waals surface area contributed by atoms with E-state index in [1.165, 1.54) is 25.4 Å². The molecule has 1 heterocycles. The molecule has 21 heavy (non-hydrogen) atoms. The fourth-order valence-corrected chi connectivity index (χ4v) is 1.86. The Morgan fingerprint density at radius 2 is 1.95 bits per heavy atom. The molecule has 0 saturated carbocycles. The fraction of sp³-hybridized carbons (Fsp3) is 0.286. The van der Waals surface area contributed by atoms with E-state index in [0.29, 0.717) is 18.4 Å². The molecule has 4 nitrogen and oxygen atoms in total. The minimum absolute atomic E-state index is 0.219. The summed E-state index contributed by atoms with van der Waals surface area (Å²) in [6.07, 6.45) is -2.61. The van der Waals surface area contributed by atoms with Gasteiger partial charge in [0.05, 0.1) is 12.7 Å². The van der Waals surface area contributed by atoms with E-state index in [0.717, 1.165) is 6.07 Å². The zero-order valence-electron chi connectivity index (χ0n) is 11.3. The number of ether oxygens (including phenoxy) is 1. The first-order valence-electron chi connectivity index (χ1n) is 6.26. The molecule has 2 rings (SSSR count). The lowest BCUT2D eigenvalue weighted by atomic mass is 10.0. The Balaban J connectivity index is 2.01. The third-order valence-electron chi connectivity index (χ3n) is 2.84. The van der Waals surface area contributed by atoms with Gasteiger partial charge in [-0.15, -0.1) is 0 Å². The molecule has 0 radical (unpaired) electrons. The average Bonchev–Trinajstić information content (AvgIpc) is 2.47. The smallest absolute Gasteiger partial charge is 0.416 e. The van der Waals surface area contributed by atoms with Gasteiger partial charge in [-0.25, -0.2) is 4.98 Å². The molecule has 0 unspecified atom stereocenters. The van der Waals surface area contributed by atoms with Crippen LogP contribution in [-0.2, 0) is 12.6 Å². The molecule has 0 spiro atoms. The number of alkyl halides is 3. The number of rotatable bonds is 5. The predicted molar refractivity (Wildman–Crippen MR) is 72.2 cm³/mol. The molecule has 0 saturated heterocycles. The van der Waals surface area contributed by atoms with Crippen molar-refractivity contribution in [1.29, 1.82) is 0 Å². The first-order chi connectivity index (χ1) is 10.0. The monoisotopic (exact) mass is 297 g/mol. The number of benzene rings is 1. The maximum atomic E-state index is 12.8. The first kappa shape index (κ1) is 15.1. The number of aromatic nitrogens is 2. The van der Waals surface area contributed by atoms with E-state index in [2.05, 4.69) is 15.3 Å². The maximum absolute atomic E-state index is 12.8. The number of nitrogens with zero attached hydrogens (tertiary/aromatic N) is 2. The number of anilines is 1. The molecule has 1 N–H and O–H groups in total. The molecule has 0 aliphatic rings. The van der Waals surface area contributed by atoms with Crippen molar-refractivity contribution in [2.45, 2.75) is 12.6 Å². The first-order valence-corrected chi connectivity index (χ1v) is 6.26. The summed E-state index contributed by atoms with van der Waals surface area (Å²) in [5.41, 5.74) is -0.376. The van der Waals surface area contributed by atoms with Gasteiger partial charge in [0.25, 0.3) is 0 Å². The third kappa shape index (κ3) is 4.08. The van der Waals surface area contributed by atoms with Crippen LogP contribution >= 0.6 is 0 Å². The number of nitrogens with one attached hydrogen (secondary N) is 1. The summed E-state index contributed by atoms with van der Waals surface area (Å²) in [7, 11) is 1.48. The Bertz CT molecular complexity index is 602. The van der Waals surface area contributed by atoms with Gasteiger partial charge in [-0.2, -0.15) is 18.2 Å². The summed E-state index contributed by atoms with van der Waals surface area (Å²) in [5, 5.41) is 2.88. The molecule has 0 atom stereocenters. The minimum atomic E-state index is -4.34. The van der Waals surface area contributed by atoms with Gasteiger partial charge >= 0.3 is 6.18 Å². The number of hydrogen-bond donors (Lipinski definition) is 1. The summed E-state index contributed by atoms with van der Waals surface area (Å²) in [5.74, 6) is 0.710. The molecule has 0 aliphatic carbocycles. The second-order valence-electron chi connectivity index (χ2n) is 4.25. The van der Waals surface area contributed by atoms with Crippen molar-refractivity contribution in [2.24, 2.45) is 0 Å². The summed E-state index contributed by atoms with van der Waals surface area (Å²) in [6, 6.07) is 7.11. The molecule has 0 bridgehead atoms. The molecule has 112 valence electrons. The van der Waals surface area contributed by atoms with E-state index < -0.39 is 11.7 Å². The quantitative estimate of drug-likeness (QED) is 0.921. The van der Waals surface area contributed by atoms with Crippen LogP contribution < -0.4 is 10.1 Å². The van der Waals surface area contributed by atoms with Crippen LogP contribution in [0, 0.1) is 0 Å². The standard InChI is InChI=1S/C14H14F3N3O/c1-21-12-7-9-19-13(20-12)18-8-6-10-4-2-3-5-11(10)14(15,16)17/h2-5,7,9H,6,8H2,1H3,(H,18,19,20). The van der Waals surface area contributed by atoms with E-state index in [9.17, 15) is 13.2 Å². The molecule has 0 amide bonds. The van der Waals surface area contributed by atoms with Crippen LogP contribution in [0.4, 0.5) is 19.1 Å². The van der Waals surface area contributed by atoms with E-state index in [1.807, 2.05) is 0 Å². The van der Waals surface area contributed by atoms with Crippen LogP contribution in [0.2, 0.25) is 0 Å². The molecule has 0 aliphatic heterocycles. The summed E-state index contributed by atoms with van der Waals surface area (Å²) in [4.78, 5) is 7.99. The van der Waals surface area contributed by atoms with Gasteiger partial charge in [-0.1, -0.05) is 18.2 Å². The number of methoxy groups -OCH3 is 1. The molecule has 2 aromatic rings. The van der Waals surface area contributed by atoms with Gasteiger partial charge in [0, 0.05) is 18.8 Å². The Kier molecular flexibility index (Phi) is 4.62. The molecule has 0 fully saturated rings. The average molecular weight is 297 g/mol.